The average Bonchev–Trinajstić information content (AvgIpc) is 2.76. The monoisotopic (exact) mass is 646 g/mol. The average molecular weight is 648 g/mol. The van der Waals surface area contributed by atoms with Gasteiger partial charge in [-0.2, -0.15) is 26.3 Å². The summed E-state index contributed by atoms with van der Waals surface area (Å²) in [6.07, 6.45) is 0. The first-order chi connectivity index (χ1) is 16.8. The molecule has 1 N–H and O–H groups in total. The molecule has 3 aromatic rings. The van der Waals surface area contributed by atoms with Gasteiger partial charge in [0.05, 0.1) is 10.9 Å². The van der Waals surface area contributed by atoms with Gasteiger partial charge in [0.15, 0.2) is 14.7 Å². The topological polar surface area (TPSA) is 80.3 Å². The highest BCUT2D eigenvalue weighted by Crippen LogP contribution is 2.33. The van der Waals surface area contributed by atoms with Gasteiger partial charge in [-0.15, -0.1) is 0 Å². The molecule has 0 saturated carbocycles. The summed E-state index contributed by atoms with van der Waals surface area (Å²) in [6.45, 7) is 0. The first kappa shape index (κ1) is 31.5. The molecule has 0 unspecified atom stereocenters. The predicted octanol–water partition coefficient (Wildman–Crippen LogP) is 7.02. The van der Waals surface area contributed by atoms with Crippen LogP contribution in [0.4, 0.5) is 26.3 Å². The molecule has 0 spiro atoms. The van der Waals surface area contributed by atoms with E-state index in [0.717, 1.165) is 15.1 Å². The fourth-order valence-corrected chi connectivity index (χ4v) is 6.69. The van der Waals surface area contributed by atoms with Crippen molar-refractivity contribution in [1.29, 1.82) is 0 Å². The number of hydrogen-bond acceptors (Lipinski definition) is 4. The van der Waals surface area contributed by atoms with E-state index in [0.29, 0.717) is 0 Å². The number of nitrogens with one attached hydrogen (secondary N) is 1. The van der Waals surface area contributed by atoms with Gasteiger partial charge in [0.2, 0.25) is 0 Å². The van der Waals surface area contributed by atoms with Crippen LogP contribution in [0.15, 0.2) is 87.5 Å². The summed E-state index contributed by atoms with van der Waals surface area (Å²) in [5, 5.41) is 2.21. The Bertz CT molecular complexity index is 1260. The van der Waals surface area contributed by atoms with Gasteiger partial charge in [-0.3, -0.25) is 0 Å². The minimum atomic E-state index is -6.60. The van der Waals surface area contributed by atoms with Gasteiger partial charge in [0, 0.05) is 15.1 Å². The van der Waals surface area contributed by atoms with Crippen molar-refractivity contribution in [2.24, 2.45) is 0 Å². The van der Waals surface area contributed by atoms with Gasteiger partial charge in [-0.25, -0.2) is 16.8 Å². The van der Waals surface area contributed by atoms with Gasteiger partial charge in [-0.1, -0.05) is 38.9 Å². The smallest absolute Gasteiger partial charge is 0.202 e. The minimum absolute atomic E-state index is 0.215. The Morgan fingerprint density at radius 3 is 0.919 bits per heavy atom. The molecule has 0 bridgehead atoms. The van der Waals surface area contributed by atoms with Crippen LogP contribution >= 0.6 is 34.8 Å². The van der Waals surface area contributed by atoms with Crippen LogP contribution in [-0.2, 0) is 30.9 Å². The Kier molecular flexibility index (Phi) is 10.2. The van der Waals surface area contributed by atoms with Crippen molar-refractivity contribution in [2.45, 2.75) is 25.7 Å². The second kappa shape index (κ2) is 12.0. The number of rotatable bonds is 5. The summed E-state index contributed by atoms with van der Waals surface area (Å²) in [5.41, 5.74) is -12.3. The lowest BCUT2D eigenvalue weighted by Gasteiger charge is -2.11. The van der Waals surface area contributed by atoms with Crippen molar-refractivity contribution in [3.8, 4) is 0 Å². The van der Waals surface area contributed by atoms with Crippen molar-refractivity contribution in [1.82, 2.24) is 4.13 Å². The summed E-state index contributed by atoms with van der Waals surface area (Å²) in [7, 11) is -13.4. The molecular weight excluding hydrogens is 635 g/mol. The third kappa shape index (κ3) is 8.67. The van der Waals surface area contributed by atoms with Crippen molar-refractivity contribution < 1.29 is 43.2 Å². The van der Waals surface area contributed by atoms with E-state index >= 15 is 0 Å². The zero-order valence-electron chi connectivity index (χ0n) is 17.7. The maximum absolute atomic E-state index is 11.5. The van der Waals surface area contributed by atoms with E-state index < -0.39 is 35.2 Å². The predicted molar refractivity (Wildman–Crippen MR) is 130 cm³/mol. The largest absolute Gasteiger partial charge is 0.512 e. The summed E-state index contributed by atoms with van der Waals surface area (Å²) in [5.74, 6) is 0. The molecule has 17 heteroatoms. The fraction of sp³-hybridized carbons (Fsp3) is 0.100. The molecule has 0 saturated heterocycles. The molecule has 5 nitrogen and oxygen atoms in total. The highest BCUT2D eigenvalue weighted by molar-refractivity contribution is 8.05. The van der Waals surface area contributed by atoms with Gasteiger partial charge in [0.1, 0.15) is 0 Å². The van der Waals surface area contributed by atoms with Crippen LogP contribution in [0.2, 0.25) is 15.1 Å². The van der Waals surface area contributed by atoms with Crippen LogP contribution in [0, 0.1) is 0 Å². The molecule has 0 aliphatic carbocycles. The molecule has 0 aliphatic rings. The molecule has 0 radical (unpaired) electrons. The molecule has 0 atom stereocenters. The molecule has 202 valence electrons. The summed E-state index contributed by atoms with van der Waals surface area (Å²) < 4.78 is 108. The van der Waals surface area contributed by atoms with E-state index in [9.17, 15) is 43.2 Å². The lowest BCUT2D eigenvalue weighted by atomic mass is 10.3. The maximum atomic E-state index is 11.5. The zero-order chi connectivity index (χ0) is 28.2. The first-order valence-electron chi connectivity index (χ1n) is 9.26. The van der Waals surface area contributed by atoms with E-state index in [1.807, 2.05) is 36.4 Å². The van der Waals surface area contributed by atoms with Crippen LogP contribution < -0.4 is 4.13 Å². The van der Waals surface area contributed by atoms with Crippen molar-refractivity contribution >= 4 is 65.7 Å². The summed E-state index contributed by atoms with van der Waals surface area (Å²) in [6, 6.07) is 23.9. The van der Waals surface area contributed by atoms with E-state index in [1.54, 1.807) is 0 Å². The Hall–Kier alpha value is -1.68. The van der Waals surface area contributed by atoms with E-state index in [2.05, 4.69) is 36.4 Å². The Labute approximate surface area is 225 Å². The van der Waals surface area contributed by atoms with Crippen LogP contribution in [0.25, 0.3) is 0 Å². The molecule has 0 aromatic heterocycles. The first-order valence-corrected chi connectivity index (χ1v) is 14.6. The quantitative estimate of drug-likeness (QED) is 0.239. The molecule has 37 heavy (non-hydrogen) atoms. The highest BCUT2D eigenvalue weighted by atomic mass is 35.5. The fourth-order valence-electron chi connectivity index (χ4n) is 2.36. The molecule has 0 fully saturated rings. The van der Waals surface area contributed by atoms with Gasteiger partial charge in [-0.05, 0) is 72.8 Å². The third-order valence-electron chi connectivity index (χ3n) is 3.98. The van der Waals surface area contributed by atoms with Crippen LogP contribution in [-0.4, -0.2) is 27.9 Å². The van der Waals surface area contributed by atoms with E-state index in [1.165, 1.54) is 14.7 Å². The lowest BCUT2D eigenvalue weighted by molar-refractivity contribution is -0.0476. The number of halogens is 9. The number of hydrogen-bond donors (Lipinski definition) is 1. The second-order valence-electron chi connectivity index (χ2n) is 6.65. The SMILES string of the molecule is Clc1ccc([S+](c2ccc(Cl)cc2)c2ccc(Cl)cc2)cc1.O=S(=O)(NS(=O)(=O)C(F)(F)F)C(F)(F)F. The Morgan fingerprint density at radius 1 is 0.514 bits per heavy atom. The molecule has 0 amide bonds. The zero-order valence-corrected chi connectivity index (χ0v) is 22.4. The molecule has 0 heterocycles. The normalized spacial score (nSPS) is 12.7. The summed E-state index contributed by atoms with van der Waals surface area (Å²) >= 11 is 18.1. The molecule has 3 aromatic carbocycles. The van der Waals surface area contributed by atoms with Gasteiger partial charge in [0.25, 0.3) is 0 Å². The van der Waals surface area contributed by atoms with E-state index in [-0.39, 0.29) is 10.9 Å². The standard InChI is InChI=1S/C18H12Cl3S.C2HF6NO4S2/c19-13-1-7-16(8-2-13)22(17-9-3-14(20)4-10-17)18-11-5-15(21)6-12-18;3-1(4,5)14(10,11)9-15(12,13)2(6,7)8/h1-12H;9H/q+1;. The van der Waals surface area contributed by atoms with Crippen molar-refractivity contribution in [2.75, 3.05) is 0 Å². The Balaban J connectivity index is 0.000000283. The third-order valence-corrected chi connectivity index (χ3v) is 9.94. The van der Waals surface area contributed by atoms with Crippen LogP contribution in [0.3, 0.4) is 0 Å². The maximum Gasteiger partial charge on any atom is 0.512 e. The van der Waals surface area contributed by atoms with E-state index in [4.69, 9.17) is 34.8 Å². The molecular formula is C20H13Cl3F6NO4S3+. The Morgan fingerprint density at radius 2 is 0.730 bits per heavy atom. The highest BCUT2D eigenvalue weighted by Gasteiger charge is 2.55. The second-order valence-corrected chi connectivity index (χ2v) is 13.6. The summed E-state index contributed by atoms with van der Waals surface area (Å²) in [4.78, 5) is 3.61. The van der Waals surface area contributed by atoms with Crippen LogP contribution in [0.5, 0.6) is 0 Å². The number of sulfonamides is 2. The minimum Gasteiger partial charge on any atom is -0.202 e. The molecule has 3 rings (SSSR count). The van der Waals surface area contributed by atoms with Gasteiger partial charge >= 0.3 is 31.1 Å². The van der Waals surface area contributed by atoms with Crippen molar-refractivity contribution in [3.05, 3.63) is 87.9 Å². The van der Waals surface area contributed by atoms with Crippen LogP contribution in [0.1, 0.15) is 0 Å². The van der Waals surface area contributed by atoms with Crippen molar-refractivity contribution in [3.63, 3.8) is 0 Å². The van der Waals surface area contributed by atoms with Gasteiger partial charge < -0.3 is 0 Å². The lowest BCUT2D eigenvalue weighted by Crippen LogP contribution is -2.45. The number of benzene rings is 3. The molecule has 0 aliphatic heterocycles. The number of alkyl halides is 6.